The molecule has 0 heterocycles. The molecule has 29 heteroatoms. The van der Waals surface area contributed by atoms with Gasteiger partial charge in [-0.3, -0.25) is 0 Å². The minimum absolute atomic E-state index is 0. The third kappa shape index (κ3) is 23.3. The number of hydrogen-bond donors (Lipinski definition) is 20. The average Bonchev–Trinajstić information content (AvgIpc) is 3.12. The van der Waals surface area contributed by atoms with Crippen molar-refractivity contribution in [3.63, 3.8) is 0 Å². The molecule has 28 nitrogen and oxygen atoms in total. The van der Waals surface area contributed by atoms with E-state index in [0.717, 1.165) is 0 Å². The molecule has 0 unspecified atom stereocenters. The summed E-state index contributed by atoms with van der Waals surface area (Å²) >= 11 is 0. The Kier molecular flexibility index (Phi) is 35.1. The number of carbonyl (C=O) groups excluding carboxylic acids is 4. The van der Waals surface area contributed by atoms with E-state index in [-0.39, 0.29) is 20.1 Å². The first-order chi connectivity index (χ1) is 23.7. The maximum atomic E-state index is 9.98. The maximum Gasteiger partial charge on any atom is 4.00 e. The van der Waals surface area contributed by atoms with Crippen LogP contribution in [0.15, 0.2) is 0 Å². The van der Waals surface area contributed by atoms with E-state index in [1.807, 2.05) is 0 Å². The van der Waals surface area contributed by atoms with Gasteiger partial charge in [0.1, 0.15) is 97.7 Å². The second-order valence-electron chi connectivity index (χ2n) is 9.98. The van der Waals surface area contributed by atoms with Crippen molar-refractivity contribution in [3.8, 4) is 0 Å². The minimum Gasteiger partial charge on any atom is -0.547 e. The zero-order valence-electron chi connectivity index (χ0n) is 26.7. The Balaban J connectivity index is -0.000000192. The number of carbonyl (C=O) groups is 4. The molecule has 0 aromatic rings. The van der Waals surface area contributed by atoms with Gasteiger partial charge in [0.25, 0.3) is 0 Å². The van der Waals surface area contributed by atoms with Crippen molar-refractivity contribution in [2.45, 2.75) is 97.7 Å². The largest absolute Gasteiger partial charge is 4.00 e. The summed E-state index contributed by atoms with van der Waals surface area (Å²) < 4.78 is 0. The minimum atomic E-state index is -2.31. The Morgan fingerprint density at radius 1 is 0.302 bits per heavy atom. The van der Waals surface area contributed by atoms with Gasteiger partial charge in [-0.15, -0.1) is 0 Å². The molecule has 0 saturated heterocycles. The van der Waals surface area contributed by atoms with E-state index < -0.39 is 148 Å². The first-order valence-electron chi connectivity index (χ1n) is 13.8. The standard InChI is InChI=1S/4C6H12O7.Tc/c4*7-1-2(8)3(9)4(10)5(11)6(12)13;/h4*2-5,7-11H,1H2,(H,12,13);/q;;;;+4/p-4/t4*2-,3-,4+,5-;/m1111./s1. The van der Waals surface area contributed by atoms with Crippen molar-refractivity contribution < 1.29 is 162 Å². The average molecular weight is 879 g/mol. The number of hydrogen-bond acceptors (Lipinski definition) is 28. The molecule has 53 heavy (non-hydrogen) atoms. The van der Waals surface area contributed by atoms with Crippen LogP contribution in [0.5, 0.6) is 0 Å². The molecule has 0 aliphatic carbocycles. The molecule has 0 rings (SSSR count). The first kappa shape index (κ1) is 60.0. The van der Waals surface area contributed by atoms with Crippen LogP contribution in [0, 0.1) is 0 Å². The van der Waals surface area contributed by atoms with Crippen molar-refractivity contribution >= 4 is 23.9 Å². The predicted molar refractivity (Wildman–Crippen MR) is 144 cm³/mol. The molecular formula is C24H44O28Tc. The van der Waals surface area contributed by atoms with Crippen molar-refractivity contribution in [1.29, 1.82) is 0 Å². The molecule has 1 radical (unpaired) electrons. The molecular weight excluding hydrogens is 834 g/mol. The summed E-state index contributed by atoms with van der Waals surface area (Å²) in [4.78, 5) is 39.9. The molecule has 0 saturated carbocycles. The van der Waals surface area contributed by atoms with E-state index in [4.69, 9.17) is 102 Å². The summed E-state index contributed by atoms with van der Waals surface area (Å²) in [6, 6.07) is 0. The fraction of sp³-hybridized carbons (Fsp3) is 0.833. The van der Waals surface area contributed by atoms with Gasteiger partial charge in [0, 0.05) is 0 Å². The van der Waals surface area contributed by atoms with Crippen LogP contribution in [0.4, 0.5) is 0 Å². The Morgan fingerprint density at radius 2 is 0.415 bits per heavy atom. The zero-order chi connectivity index (χ0) is 42.4. The topological polar surface area (TPSA) is 565 Å². The van der Waals surface area contributed by atoms with Gasteiger partial charge in [0.2, 0.25) is 0 Å². The third-order valence-electron chi connectivity index (χ3n) is 5.98. The van der Waals surface area contributed by atoms with Gasteiger partial charge in [0.15, 0.2) is 0 Å². The quantitative estimate of drug-likeness (QED) is 0.0540. The maximum absolute atomic E-state index is 9.98. The molecule has 0 fully saturated rings. The molecule has 315 valence electrons. The normalized spacial score (nSPS) is 20.0. The molecule has 0 spiro atoms. The van der Waals surface area contributed by atoms with Crippen LogP contribution in [0.1, 0.15) is 0 Å². The molecule has 0 amide bonds. The number of carboxylic acid groups (broad SMARTS) is 4. The van der Waals surface area contributed by atoms with Crippen LogP contribution >= 0.6 is 0 Å². The van der Waals surface area contributed by atoms with Crippen molar-refractivity contribution in [2.75, 3.05) is 26.4 Å². The van der Waals surface area contributed by atoms with E-state index in [1.165, 1.54) is 0 Å². The van der Waals surface area contributed by atoms with Crippen molar-refractivity contribution in [1.82, 2.24) is 0 Å². The number of aliphatic carboxylic acids is 4. The van der Waals surface area contributed by atoms with E-state index in [9.17, 15) is 39.6 Å². The third-order valence-corrected chi connectivity index (χ3v) is 5.98. The van der Waals surface area contributed by atoms with Crippen LogP contribution in [0.2, 0.25) is 0 Å². The van der Waals surface area contributed by atoms with Gasteiger partial charge < -0.3 is 142 Å². The SMILES string of the molecule is O=C([O-])[C@H](O)[C@@H](O)[C@H](O)[C@H](O)CO.O=C([O-])[C@H](O)[C@@H](O)[C@H](O)[C@H](O)CO.O=C([O-])[C@H](O)[C@@H](O)[C@H](O)[C@H](O)CO.O=C([O-])[C@H](O)[C@@H](O)[C@H](O)[C@H](O)CO.[Tc+4]. The van der Waals surface area contributed by atoms with Gasteiger partial charge in [-0.05, 0) is 0 Å². The van der Waals surface area contributed by atoms with Gasteiger partial charge in [0.05, 0.1) is 50.3 Å². The predicted octanol–water partition coefficient (Wildman–Crippen LogP) is -19.3. The summed E-state index contributed by atoms with van der Waals surface area (Å²) in [6.45, 7) is -3.45. The van der Waals surface area contributed by atoms with Gasteiger partial charge in [-0.25, -0.2) is 0 Å². The summed E-state index contributed by atoms with van der Waals surface area (Å²) in [5.74, 6) is -7.90. The van der Waals surface area contributed by atoms with Crippen LogP contribution in [0.3, 0.4) is 0 Å². The molecule has 0 aromatic carbocycles. The van der Waals surface area contributed by atoms with Gasteiger partial charge in [-0.2, -0.15) is 0 Å². The first-order valence-corrected chi connectivity index (χ1v) is 13.8. The molecule has 0 bridgehead atoms. The van der Waals surface area contributed by atoms with Crippen molar-refractivity contribution in [2.24, 2.45) is 0 Å². The van der Waals surface area contributed by atoms with E-state index >= 15 is 0 Å². The molecule has 0 aliphatic heterocycles. The number of carboxylic acids is 4. The Labute approximate surface area is 309 Å². The summed E-state index contributed by atoms with van der Waals surface area (Å²) in [5.41, 5.74) is 0. The van der Waals surface area contributed by atoms with Gasteiger partial charge in [-0.1, -0.05) is 0 Å². The van der Waals surface area contributed by atoms with Crippen LogP contribution in [-0.4, -0.2) is 250 Å². The van der Waals surface area contributed by atoms with E-state index in [1.54, 1.807) is 0 Å². The smallest absolute Gasteiger partial charge is 0.547 e. The Morgan fingerprint density at radius 3 is 0.491 bits per heavy atom. The van der Waals surface area contributed by atoms with E-state index in [0.29, 0.717) is 0 Å². The Hall–Kier alpha value is -2.27. The zero-order valence-corrected chi connectivity index (χ0v) is 28.5. The molecule has 0 aliphatic rings. The molecule has 0 aromatic heterocycles. The molecule has 20 N–H and O–H groups in total. The van der Waals surface area contributed by atoms with Crippen LogP contribution in [0.25, 0.3) is 0 Å². The second kappa shape index (κ2) is 31.0. The fourth-order valence-electron chi connectivity index (χ4n) is 2.65. The van der Waals surface area contributed by atoms with E-state index in [2.05, 4.69) is 0 Å². The number of aliphatic hydroxyl groups is 20. The summed E-state index contributed by atoms with van der Waals surface area (Å²) in [7, 11) is 0. The summed E-state index contributed by atoms with van der Waals surface area (Å²) in [5, 5.41) is 214. The van der Waals surface area contributed by atoms with Crippen molar-refractivity contribution in [3.05, 3.63) is 0 Å². The Bertz CT molecular complexity index is 841. The summed E-state index contributed by atoms with van der Waals surface area (Å²) in [6.07, 6.45) is -32.3. The van der Waals surface area contributed by atoms with Crippen LogP contribution < -0.4 is 20.4 Å². The number of aliphatic hydroxyl groups excluding tert-OH is 20. The van der Waals surface area contributed by atoms with Crippen LogP contribution in [-0.2, 0) is 39.3 Å². The fourth-order valence-corrected chi connectivity index (χ4v) is 2.65. The number of rotatable bonds is 20. The second-order valence-corrected chi connectivity index (χ2v) is 9.98. The monoisotopic (exact) mass is 877 g/mol. The molecule has 16 atom stereocenters. The van der Waals surface area contributed by atoms with Gasteiger partial charge >= 0.3 is 20.1 Å².